The zero-order valence-electron chi connectivity index (χ0n) is 8.43. The van der Waals surface area contributed by atoms with E-state index in [4.69, 9.17) is 10.4 Å². The van der Waals surface area contributed by atoms with Crippen LogP contribution in [-0.2, 0) is 10.0 Å². The third-order valence-electron chi connectivity index (χ3n) is 1.61. The monoisotopic (exact) mass is 298 g/mol. The number of thioether (sulfide) groups is 1. The Morgan fingerprint density at radius 1 is 1.39 bits per heavy atom. The number of sulfonamides is 1. The molecule has 0 heterocycles. The highest BCUT2D eigenvalue weighted by Gasteiger charge is 2.31. The number of primary sulfonamides is 1. The summed E-state index contributed by atoms with van der Waals surface area (Å²) in [5, 5.41) is 14.8. The Kier molecular flexibility index (Phi) is 4.10. The highest BCUT2D eigenvalue weighted by molar-refractivity contribution is 8.04. The van der Waals surface area contributed by atoms with Crippen LogP contribution in [-0.4, -0.2) is 14.8 Å². The van der Waals surface area contributed by atoms with E-state index in [0.717, 1.165) is 18.2 Å². The second kappa shape index (κ2) is 5.05. The van der Waals surface area contributed by atoms with Crippen LogP contribution >= 0.6 is 11.8 Å². The number of hydrogen-bond acceptors (Lipinski definition) is 5. The van der Waals surface area contributed by atoms with Crippen molar-refractivity contribution in [3.8, 4) is 11.2 Å². The molecule has 0 saturated heterocycles. The predicted molar refractivity (Wildman–Crippen MR) is 56.0 cm³/mol. The first kappa shape index (κ1) is 14.6. The molecule has 10 heteroatoms. The number of hydrogen-bond donors (Lipinski definition) is 1. The Morgan fingerprint density at radius 3 is 2.44 bits per heavy atom. The number of nitrogens with two attached hydrogens (primary N) is 1. The maximum absolute atomic E-state index is 12.0. The van der Waals surface area contributed by atoms with Crippen LogP contribution < -0.4 is 9.88 Å². The molecule has 0 spiro atoms. The van der Waals surface area contributed by atoms with Gasteiger partial charge in [0.1, 0.15) is 11.2 Å². The molecule has 1 aromatic rings. The molecular formula is C8H5F3N2O3S2. The molecule has 5 nitrogen and oxygen atoms in total. The van der Waals surface area contributed by atoms with Gasteiger partial charge in [0.15, 0.2) is 0 Å². The summed E-state index contributed by atoms with van der Waals surface area (Å²) < 4.78 is 61.7. The van der Waals surface area contributed by atoms with Crippen LogP contribution in [0.4, 0.5) is 13.2 Å². The van der Waals surface area contributed by atoms with Gasteiger partial charge < -0.3 is 4.74 Å². The highest BCUT2D eigenvalue weighted by Crippen LogP contribution is 2.31. The van der Waals surface area contributed by atoms with Gasteiger partial charge >= 0.3 is 6.36 Å². The topological polar surface area (TPSA) is 93.2 Å². The van der Waals surface area contributed by atoms with Crippen molar-refractivity contribution in [2.45, 2.75) is 16.2 Å². The molecular weight excluding hydrogens is 293 g/mol. The van der Waals surface area contributed by atoms with Crippen molar-refractivity contribution in [2.75, 3.05) is 0 Å². The zero-order valence-corrected chi connectivity index (χ0v) is 10.1. The molecule has 1 rings (SSSR count). The van der Waals surface area contributed by atoms with E-state index in [1.165, 1.54) is 0 Å². The number of benzene rings is 1. The first-order chi connectivity index (χ1) is 8.13. The van der Waals surface area contributed by atoms with Gasteiger partial charge in [-0.3, -0.25) is 0 Å². The summed E-state index contributed by atoms with van der Waals surface area (Å²) in [5.74, 6) is -0.632. The van der Waals surface area contributed by atoms with Crippen molar-refractivity contribution in [2.24, 2.45) is 5.14 Å². The molecule has 0 aliphatic heterocycles. The van der Waals surface area contributed by atoms with E-state index in [1.54, 1.807) is 5.40 Å². The number of nitriles is 1. The molecule has 0 amide bonds. The smallest absolute Gasteiger partial charge is 0.406 e. The number of nitrogens with zero attached hydrogens (tertiary/aromatic N) is 1. The van der Waals surface area contributed by atoms with Gasteiger partial charge in [0, 0.05) is 4.90 Å². The van der Waals surface area contributed by atoms with Gasteiger partial charge in [-0.05, 0) is 30.0 Å². The average Bonchev–Trinajstić information content (AvgIpc) is 2.13. The molecule has 0 radical (unpaired) electrons. The van der Waals surface area contributed by atoms with Crippen molar-refractivity contribution < 1.29 is 26.3 Å². The lowest BCUT2D eigenvalue weighted by molar-refractivity contribution is -0.274. The van der Waals surface area contributed by atoms with E-state index in [-0.39, 0.29) is 4.90 Å². The van der Waals surface area contributed by atoms with Crippen LogP contribution in [0.2, 0.25) is 0 Å². The summed E-state index contributed by atoms with van der Waals surface area (Å²) in [7, 11) is -4.12. The van der Waals surface area contributed by atoms with Gasteiger partial charge in [0.2, 0.25) is 10.0 Å². The van der Waals surface area contributed by atoms with Gasteiger partial charge in [-0.2, -0.15) is 5.26 Å². The molecule has 0 fully saturated rings. The van der Waals surface area contributed by atoms with Crippen LogP contribution in [0.5, 0.6) is 5.75 Å². The molecule has 0 bridgehead atoms. The summed E-state index contributed by atoms with van der Waals surface area (Å²) in [4.78, 5) is -0.676. The second-order valence-corrected chi connectivity index (χ2v) is 5.25. The summed E-state index contributed by atoms with van der Waals surface area (Å²) in [5.41, 5.74) is 0. The lowest BCUT2D eigenvalue weighted by Gasteiger charge is -2.10. The minimum Gasteiger partial charge on any atom is -0.406 e. The van der Waals surface area contributed by atoms with Crippen LogP contribution in [0, 0.1) is 10.7 Å². The fourth-order valence-corrected chi connectivity index (χ4v) is 2.56. The number of thiocyanates is 1. The fraction of sp³-hybridized carbons (Fsp3) is 0.125. The quantitative estimate of drug-likeness (QED) is 0.678. The molecule has 0 atom stereocenters. The molecule has 98 valence electrons. The molecule has 0 aromatic heterocycles. The molecule has 18 heavy (non-hydrogen) atoms. The zero-order chi connectivity index (χ0) is 14.0. The van der Waals surface area contributed by atoms with Gasteiger partial charge in [0.25, 0.3) is 0 Å². The van der Waals surface area contributed by atoms with Gasteiger partial charge in [0.05, 0.1) is 4.90 Å². The van der Waals surface area contributed by atoms with Crippen LogP contribution in [0.1, 0.15) is 0 Å². The van der Waals surface area contributed by atoms with Crippen molar-refractivity contribution in [3.63, 3.8) is 0 Å². The maximum atomic E-state index is 12.0. The molecule has 2 N–H and O–H groups in total. The lowest BCUT2D eigenvalue weighted by Crippen LogP contribution is -2.18. The normalized spacial score (nSPS) is 11.9. The van der Waals surface area contributed by atoms with Gasteiger partial charge in [-0.1, -0.05) is 0 Å². The van der Waals surface area contributed by atoms with E-state index in [9.17, 15) is 21.6 Å². The first-order valence-electron chi connectivity index (χ1n) is 4.12. The van der Waals surface area contributed by atoms with Crippen molar-refractivity contribution >= 4 is 21.8 Å². The van der Waals surface area contributed by atoms with E-state index in [2.05, 4.69) is 4.74 Å². The Labute approximate surface area is 104 Å². The average molecular weight is 298 g/mol. The standard InChI is InChI=1S/C8H5F3N2O3S2/c9-8(10,11)16-5-1-2-7(18(13,14)15)6(3-5)17-4-12/h1-3H,(H2,13,14,15). The second-order valence-electron chi connectivity index (χ2n) is 2.89. The summed E-state index contributed by atoms with van der Waals surface area (Å²) in [6, 6.07) is 2.42. The molecule has 0 aliphatic carbocycles. The number of halogens is 3. The number of ether oxygens (including phenoxy) is 1. The third kappa shape index (κ3) is 4.10. The van der Waals surface area contributed by atoms with Crippen LogP contribution in [0.15, 0.2) is 28.0 Å². The molecule has 1 aromatic carbocycles. The van der Waals surface area contributed by atoms with Gasteiger partial charge in [-0.25, -0.2) is 13.6 Å². The molecule has 0 aliphatic rings. The third-order valence-corrected chi connectivity index (χ3v) is 3.36. The largest absolute Gasteiger partial charge is 0.573 e. The fourth-order valence-electron chi connectivity index (χ4n) is 1.05. The van der Waals surface area contributed by atoms with Crippen molar-refractivity contribution in [1.82, 2.24) is 0 Å². The molecule has 0 unspecified atom stereocenters. The summed E-state index contributed by atoms with van der Waals surface area (Å²) in [6.07, 6.45) is -4.91. The summed E-state index contributed by atoms with van der Waals surface area (Å²) >= 11 is 0.368. The van der Waals surface area contributed by atoms with E-state index in [1.807, 2.05) is 0 Å². The van der Waals surface area contributed by atoms with Crippen LogP contribution in [0.3, 0.4) is 0 Å². The minimum atomic E-state index is -4.91. The highest BCUT2D eigenvalue weighted by atomic mass is 32.2. The maximum Gasteiger partial charge on any atom is 0.573 e. The Bertz CT molecular complexity index is 593. The first-order valence-corrected chi connectivity index (χ1v) is 6.48. The van der Waals surface area contributed by atoms with Gasteiger partial charge in [-0.15, -0.1) is 13.2 Å². The lowest BCUT2D eigenvalue weighted by atomic mass is 10.3. The summed E-state index contributed by atoms with van der Waals surface area (Å²) in [6.45, 7) is 0. The van der Waals surface area contributed by atoms with E-state index < -0.39 is 27.0 Å². The van der Waals surface area contributed by atoms with E-state index >= 15 is 0 Å². The van der Waals surface area contributed by atoms with Crippen molar-refractivity contribution in [3.05, 3.63) is 18.2 Å². The van der Waals surface area contributed by atoms with Crippen LogP contribution in [0.25, 0.3) is 0 Å². The Morgan fingerprint density at radius 2 is 2.00 bits per heavy atom. The van der Waals surface area contributed by atoms with E-state index in [0.29, 0.717) is 11.8 Å². The molecule has 0 saturated carbocycles. The SMILES string of the molecule is N#CSc1cc(OC(F)(F)F)ccc1S(N)(=O)=O. The van der Waals surface area contributed by atoms with Crippen molar-refractivity contribution in [1.29, 1.82) is 5.26 Å². The Hall–Kier alpha value is -1.44. The number of rotatable bonds is 3. The number of alkyl halides is 3. The Balaban J connectivity index is 3.25. The predicted octanol–water partition coefficient (Wildman–Crippen LogP) is 1.81. The minimum absolute atomic E-state index is 0.234.